The van der Waals surface area contributed by atoms with Gasteiger partial charge < -0.3 is 14.7 Å². The number of nitrogens with zero attached hydrogens (tertiary/aromatic N) is 1. The van der Waals surface area contributed by atoms with Gasteiger partial charge in [0.1, 0.15) is 5.82 Å². The van der Waals surface area contributed by atoms with E-state index in [1.807, 2.05) is 0 Å². The zero-order valence-corrected chi connectivity index (χ0v) is 11.6. The number of allylic oxidation sites excluding steroid dienone is 1. The highest BCUT2D eigenvalue weighted by molar-refractivity contribution is 5.97. The summed E-state index contributed by atoms with van der Waals surface area (Å²) in [5.74, 6) is -1.89. The van der Waals surface area contributed by atoms with Gasteiger partial charge in [0.25, 0.3) is 0 Å². The lowest BCUT2D eigenvalue weighted by Crippen LogP contribution is -2.52. The highest BCUT2D eigenvalue weighted by Crippen LogP contribution is 2.16. The first-order valence-corrected chi connectivity index (χ1v) is 6.54. The molecule has 0 radical (unpaired) electrons. The van der Waals surface area contributed by atoms with Crippen molar-refractivity contribution in [2.75, 3.05) is 19.8 Å². The van der Waals surface area contributed by atoms with Crippen molar-refractivity contribution < 1.29 is 23.8 Å². The number of amides is 1. The summed E-state index contributed by atoms with van der Waals surface area (Å²) in [6.07, 6.45) is 1.33. The van der Waals surface area contributed by atoms with E-state index in [4.69, 9.17) is 9.84 Å². The van der Waals surface area contributed by atoms with Crippen LogP contribution in [-0.4, -0.2) is 47.7 Å². The van der Waals surface area contributed by atoms with E-state index < -0.39 is 17.9 Å². The fraction of sp³-hybridized carbons (Fsp3) is 0.333. The average molecular weight is 293 g/mol. The molecule has 1 heterocycles. The van der Waals surface area contributed by atoms with Crippen molar-refractivity contribution in [1.29, 1.82) is 0 Å². The quantitative estimate of drug-likeness (QED) is 0.859. The minimum absolute atomic E-state index is 0.0199. The summed E-state index contributed by atoms with van der Waals surface area (Å²) in [6.45, 7) is 2.20. The second kappa shape index (κ2) is 6.49. The molecule has 1 N–H and O–H groups in total. The lowest BCUT2D eigenvalue weighted by atomic mass is 10.1. The Labute approximate surface area is 121 Å². The third-order valence-electron chi connectivity index (χ3n) is 3.32. The van der Waals surface area contributed by atoms with Gasteiger partial charge in [0.15, 0.2) is 6.04 Å². The van der Waals surface area contributed by atoms with Crippen LogP contribution in [0.2, 0.25) is 0 Å². The molecule has 0 bridgehead atoms. The second-order valence-corrected chi connectivity index (χ2v) is 4.80. The molecule has 6 heteroatoms. The van der Waals surface area contributed by atoms with Crippen LogP contribution in [0.5, 0.6) is 0 Å². The third-order valence-corrected chi connectivity index (χ3v) is 3.32. The topological polar surface area (TPSA) is 66.8 Å². The summed E-state index contributed by atoms with van der Waals surface area (Å²) in [5, 5.41) is 9.10. The Kier molecular flexibility index (Phi) is 4.70. The third kappa shape index (κ3) is 3.66. The predicted octanol–water partition coefficient (Wildman–Crippen LogP) is 1.54. The minimum atomic E-state index is -1.10. The van der Waals surface area contributed by atoms with E-state index >= 15 is 0 Å². The molecule has 2 rings (SSSR count). The van der Waals surface area contributed by atoms with Crippen LogP contribution in [0.4, 0.5) is 4.39 Å². The molecule has 0 aliphatic carbocycles. The summed E-state index contributed by atoms with van der Waals surface area (Å²) in [4.78, 5) is 24.6. The van der Waals surface area contributed by atoms with Crippen molar-refractivity contribution >= 4 is 17.4 Å². The number of benzene rings is 1. The Morgan fingerprint density at radius 1 is 1.48 bits per heavy atom. The van der Waals surface area contributed by atoms with Gasteiger partial charge in [-0.05, 0) is 30.2 Å². The molecule has 1 aromatic carbocycles. The highest BCUT2D eigenvalue weighted by atomic mass is 19.1. The van der Waals surface area contributed by atoms with Crippen molar-refractivity contribution in [1.82, 2.24) is 4.90 Å². The number of aliphatic carboxylic acids is 1. The smallest absolute Gasteiger partial charge is 0.328 e. The number of hydrogen-bond acceptors (Lipinski definition) is 3. The fourth-order valence-electron chi connectivity index (χ4n) is 2.16. The van der Waals surface area contributed by atoms with Crippen LogP contribution in [0.3, 0.4) is 0 Å². The molecule has 1 unspecified atom stereocenters. The molecule has 1 aliphatic heterocycles. The van der Waals surface area contributed by atoms with Gasteiger partial charge in [0, 0.05) is 12.6 Å². The van der Waals surface area contributed by atoms with Gasteiger partial charge in [-0.3, -0.25) is 4.79 Å². The molecule has 1 atom stereocenters. The van der Waals surface area contributed by atoms with Crippen molar-refractivity contribution in [2.24, 2.45) is 0 Å². The maximum atomic E-state index is 13.2. The monoisotopic (exact) mass is 293 g/mol. The molecule has 112 valence electrons. The maximum Gasteiger partial charge on any atom is 0.328 e. The van der Waals surface area contributed by atoms with Crippen LogP contribution in [-0.2, 0) is 14.3 Å². The molecular weight excluding hydrogens is 277 g/mol. The Morgan fingerprint density at radius 3 is 2.90 bits per heavy atom. The second-order valence-electron chi connectivity index (χ2n) is 4.80. The molecule has 21 heavy (non-hydrogen) atoms. The Morgan fingerprint density at radius 2 is 2.24 bits per heavy atom. The van der Waals surface area contributed by atoms with E-state index in [-0.39, 0.29) is 19.0 Å². The van der Waals surface area contributed by atoms with Gasteiger partial charge in [-0.1, -0.05) is 12.1 Å². The number of carboxylic acid groups (broad SMARTS) is 1. The molecule has 1 aromatic rings. The highest BCUT2D eigenvalue weighted by Gasteiger charge is 2.31. The summed E-state index contributed by atoms with van der Waals surface area (Å²) >= 11 is 0. The standard InChI is InChI=1S/C15H16FNO4/c1-10(11-3-2-4-12(16)8-11)7-14(18)17-5-6-21-9-13(17)15(19)20/h2-4,7-8,13H,5-6,9H2,1H3,(H,19,20)/b10-7-. The molecule has 1 saturated heterocycles. The van der Waals surface area contributed by atoms with E-state index in [1.54, 1.807) is 19.1 Å². The largest absolute Gasteiger partial charge is 0.480 e. The zero-order chi connectivity index (χ0) is 15.4. The summed E-state index contributed by atoms with van der Waals surface area (Å²) in [7, 11) is 0. The number of rotatable bonds is 3. The van der Waals surface area contributed by atoms with Crippen LogP contribution >= 0.6 is 0 Å². The number of halogens is 1. The summed E-state index contributed by atoms with van der Waals surface area (Å²) in [5.41, 5.74) is 1.17. The first kappa shape index (κ1) is 15.2. The van der Waals surface area contributed by atoms with E-state index in [0.29, 0.717) is 17.7 Å². The molecule has 0 aromatic heterocycles. The van der Waals surface area contributed by atoms with Gasteiger partial charge in [-0.25, -0.2) is 9.18 Å². The summed E-state index contributed by atoms with van der Waals surface area (Å²) in [6, 6.07) is 4.91. The number of morpholine rings is 1. The number of ether oxygens (including phenoxy) is 1. The van der Waals surface area contributed by atoms with Crippen molar-refractivity contribution in [3.63, 3.8) is 0 Å². The zero-order valence-electron chi connectivity index (χ0n) is 11.6. The van der Waals surface area contributed by atoms with E-state index in [1.165, 1.54) is 23.1 Å². The molecular formula is C15H16FNO4. The first-order valence-electron chi connectivity index (χ1n) is 6.54. The van der Waals surface area contributed by atoms with Crippen molar-refractivity contribution in [3.8, 4) is 0 Å². The van der Waals surface area contributed by atoms with Gasteiger partial charge in [-0.2, -0.15) is 0 Å². The van der Waals surface area contributed by atoms with Gasteiger partial charge in [0.2, 0.25) is 5.91 Å². The van der Waals surface area contributed by atoms with Gasteiger partial charge >= 0.3 is 5.97 Å². The SMILES string of the molecule is C/C(=C/C(=O)N1CCOCC1C(=O)O)c1cccc(F)c1. The molecule has 1 amide bonds. The van der Waals surface area contributed by atoms with Crippen molar-refractivity contribution in [2.45, 2.75) is 13.0 Å². The number of carbonyl (C=O) groups is 2. The molecule has 1 fully saturated rings. The maximum absolute atomic E-state index is 13.2. The van der Waals surface area contributed by atoms with Crippen LogP contribution in [0, 0.1) is 5.82 Å². The predicted molar refractivity (Wildman–Crippen MR) is 74.0 cm³/mol. The Hall–Kier alpha value is -2.21. The van der Waals surface area contributed by atoms with Gasteiger partial charge in [0.05, 0.1) is 13.2 Å². The van der Waals surface area contributed by atoms with Crippen LogP contribution in [0.25, 0.3) is 5.57 Å². The molecule has 0 spiro atoms. The van der Waals surface area contributed by atoms with Crippen molar-refractivity contribution in [3.05, 3.63) is 41.7 Å². The molecule has 1 aliphatic rings. The molecule has 0 saturated carbocycles. The number of carbonyl (C=O) groups excluding carboxylic acids is 1. The van der Waals surface area contributed by atoms with E-state index in [2.05, 4.69) is 0 Å². The first-order chi connectivity index (χ1) is 9.99. The average Bonchev–Trinajstić information content (AvgIpc) is 2.47. The van der Waals surface area contributed by atoms with E-state index in [9.17, 15) is 14.0 Å². The lowest BCUT2D eigenvalue weighted by Gasteiger charge is -2.32. The Balaban J connectivity index is 2.18. The normalized spacial score (nSPS) is 19.4. The number of hydrogen-bond donors (Lipinski definition) is 1. The van der Waals surface area contributed by atoms with Crippen LogP contribution in [0.1, 0.15) is 12.5 Å². The van der Waals surface area contributed by atoms with Crippen LogP contribution in [0.15, 0.2) is 30.3 Å². The Bertz CT molecular complexity index is 585. The van der Waals surface area contributed by atoms with Crippen LogP contribution < -0.4 is 0 Å². The van der Waals surface area contributed by atoms with Gasteiger partial charge in [-0.15, -0.1) is 0 Å². The number of carboxylic acids is 1. The fourth-order valence-corrected chi connectivity index (χ4v) is 2.16. The minimum Gasteiger partial charge on any atom is -0.480 e. The molecule has 5 nitrogen and oxygen atoms in total. The summed E-state index contributed by atoms with van der Waals surface area (Å²) < 4.78 is 18.3. The lowest BCUT2D eigenvalue weighted by molar-refractivity contribution is -0.156. The van der Waals surface area contributed by atoms with E-state index in [0.717, 1.165) is 0 Å².